The summed E-state index contributed by atoms with van der Waals surface area (Å²) in [5.41, 5.74) is 0. The minimum Gasteiger partial charge on any atom is -0.379 e. The molecule has 1 N–H and O–H groups in total. The summed E-state index contributed by atoms with van der Waals surface area (Å²) in [6.45, 7) is 7.36. The average molecular weight is 297 g/mol. The third-order valence-corrected chi connectivity index (χ3v) is 4.05. The van der Waals surface area contributed by atoms with Crippen molar-refractivity contribution in [1.29, 1.82) is 0 Å². The molecule has 0 aromatic carbocycles. The average Bonchev–Trinajstić information content (AvgIpc) is 3.17. The maximum absolute atomic E-state index is 5.70. The molecule has 0 amide bonds. The Kier molecular flexibility index (Phi) is 7.30. The Hall–Kier alpha value is -0.810. The highest BCUT2D eigenvalue weighted by atomic mass is 16.5. The molecule has 1 saturated carbocycles. The summed E-state index contributed by atoms with van der Waals surface area (Å²) in [4.78, 5) is 6.86. The molecule has 0 radical (unpaired) electrons. The normalized spacial score (nSPS) is 22.6. The highest BCUT2D eigenvalue weighted by Crippen LogP contribution is 2.28. The second-order valence-electron chi connectivity index (χ2n) is 6.10. The molecule has 1 atom stereocenters. The van der Waals surface area contributed by atoms with Crippen LogP contribution in [0.4, 0.5) is 0 Å². The lowest BCUT2D eigenvalue weighted by molar-refractivity contribution is 0.106. The number of likely N-dealkylation sites (N-methyl/N-ethyl adjacent to an activating group) is 1. The highest BCUT2D eigenvalue weighted by Gasteiger charge is 2.21. The van der Waals surface area contributed by atoms with Crippen molar-refractivity contribution in [3.63, 3.8) is 0 Å². The van der Waals surface area contributed by atoms with E-state index in [1.807, 2.05) is 0 Å². The highest BCUT2D eigenvalue weighted by molar-refractivity contribution is 5.79. The molecule has 2 aliphatic rings. The van der Waals surface area contributed by atoms with Gasteiger partial charge in [0.15, 0.2) is 5.96 Å². The SMILES string of the molecule is CCNC(=NCCC1CCCO1)N(C)CCOCC1CC1. The van der Waals surface area contributed by atoms with Crippen molar-refractivity contribution in [3.05, 3.63) is 0 Å². The summed E-state index contributed by atoms with van der Waals surface area (Å²) < 4.78 is 11.3. The minimum absolute atomic E-state index is 0.420. The predicted octanol–water partition coefficient (Wildman–Crippen LogP) is 1.88. The van der Waals surface area contributed by atoms with Crippen molar-refractivity contribution >= 4 is 5.96 Å². The molecule has 2 rings (SSSR count). The van der Waals surface area contributed by atoms with Crippen molar-refractivity contribution in [2.45, 2.75) is 45.1 Å². The number of aliphatic imine (C=N–C) groups is 1. The molecule has 0 aromatic heterocycles. The Morgan fingerprint density at radius 1 is 1.38 bits per heavy atom. The number of hydrogen-bond acceptors (Lipinski definition) is 3. The number of nitrogens with one attached hydrogen (secondary N) is 1. The van der Waals surface area contributed by atoms with Crippen LogP contribution in [0.5, 0.6) is 0 Å². The molecule has 21 heavy (non-hydrogen) atoms. The number of nitrogens with zero attached hydrogens (tertiary/aromatic N) is 2. The van der Waals surface area contributed by atoms with Gasteiger partial charge in [-0.05, 0) is 44.9 Å². The third kappa shape index (κ3) is 6.66. The van der Waals surface area contributed by atoms with Crippen molar-refractivity contribution in [2.24, 2.45) is 10.9 Å². The first-order chi connectivity index (χ1) is 10.3. The van der Waals surface area contributed by atoms with Crippen molar-refractivity contribution in [1.82, 2.24) is 10.2 Å². The zero-order valence-corrected chi connectivity index (χ0v) is 13.6. The van der Waals surface area contributed by atoms with E-state index in [1.54, 1.807) is 0 Å². The molecule has 5 nitrogen and oxygen atoms in total. The number of guanidine groups is 1. The van der Waals surface area contributed by atoms with Crippen LogP contribution in [-0.2, 0) is 9.47 Å². The molecule has 0 spiro atoms. The summed E-state index contributed by atoms with van der Waals surface area (Å²) in [6, 6.07) is 0. The van der Waals surface area contributed by atoms with Gasteiger partial charge < -0.3 is 19.7 Å². The first kappa shape index (κ1) is 16.6. The summed E-state index contributed by atoms with van der Waals surface area (Å²) in [5.74, 6) is 1.81. The molecule has 1 aliphatic heterocycles. The maximum atomic E-state index is 5.70. The molecule has 1 heterocycles. The molecule has 122 valence electrons. The Labute approximate surface area is 129 Å². The van der Waals surface area contributed by atoms with E-state index in [2.05, 4.69) is 24.2 Å². The Balaban J connectivity index is 1.64. The van der Waals surface area contributed by atoms with Crippen LogP contribution in [0.25, 0.3) is 0 Å². The molecular formula is C16H31N3O2. The lowest BCUT2D eigenvalue weighted by Gasteiger charge is -2.22. The monoisotopic (exact) mass is 297 g/mol. The zero-order chi connectivity index (χ0) is 14.9. The van der Waals surface area contributed by atoms with Gasteiger partial charge in [-0.1, -0.05) is 0 Å². The van der Waals surface area contributed by atoms with E-state index in [1.165, 1.54) is 25.7 Å². The van der Waals surface area contributed by atoms with E-state index in [0.717, 1.165) is 57.8 Å². The standard InChI is InChI=1S/C16H31N3O2/c1-3-17-16(18-9-8-15-5-4-11-21-15)19(2)10-12-20-13-14-6-7-14/h14-15H,3-13H2,1-2H3,(H,17,18). The minimum atomic E-state index is 0.420. The van der Waals surface area contributed by atoms with E-state index in [9.17, 15) is 0 Å². The second kappa shape index (κ2) is 9.26. The van der Waals surface area contributed by atoms with E-state index < -0.39 is 0 Å². The van der Waals surface area contributed by atoms with Gasteiger partial charge in [-0.2, -0.15) is 0 Å². The molecule has 1 unspecified atom stereocenters. The van der Waals surface area contributed by atoms with E-state index in [-0.39, 0.29) is 0 Å². The Bertz CT molecular complexity index is 313. The number of hydrogen-bond donors (Lipinski definition) is 1. The first-order valence-corrected chi connectivity index (χ1v) is 8.48. The molecule has 1 saturated heterocycles. The summed E-state index contributed by atoms with van der Waals surface area (Å²) in [7, 11) is 2.08. The fraction of sp³-hybridized carbons (Fsp3) is 0.938. The van der Waals surface area contributed by atoms with Crippen LogP contribution in [0.1, 0.15) is 39.0 Å². The summed E-state index contributed by atoms with van der Waals surface area (Å²) >= 11 is 0. The number of ether oxygens (including phenoxy) is 2. The van der Waals surface area contributed by atoms with Crippen molar-refractivity contribution in [2.75, 3.05) is 46.5 Å². The predicted molar refractivity (Wildman–Crippen MR) is 85.7 cm³/mol. The zero-order valence-electron chi connectivity index (χ0n) is 13.6. The fourth-order valence-corrected chi connectivity index (χ4v) is 2.50. The van der Waals surface area contributed by atoms with Gasteiger partial charge in [0, 0.05) is 39.9 Å². The second-order valence-corrected chi connectivity index (χ2v) is 6.10. The van der Waals surface area contributed by atoms with Gasteiger partial charge in [0.1, 0.15) is 0 Å². The molecule has 1 aliphatic carbocycles. The van der Waals surface area contributed by atoms with Gasteiger partial charge in [0.2, 0.25) is 0 Å². The topological polar surface area (TPSA) is 46.1 Å². The Morgan fingerprint density at radius 2 is 2.24 bits per heavy atom. The third-order valence-electron chi connectivity index (χ3n) is 4.05. The molecule has 0 aromatic rings. The van der Waals surface area contributed by atoms with E-state index >= 15 is 0 Å². The van der Waals surface area contributed by atoms with Crippen LogP contribution >= 0.6 is 0 Å². The van der Waals surface area contributed by atoms with Crippen LogP contribution in [0.3, 0.4) is 0 Å². The van der Waals surface area contributed by atoms with Gasteiger partial charge in [0.05, 0.1) is 12.7 Å². The smallest absolute Gasteiger partial charge is 0.193 e. The number of rotatable bonds is 9. The Morgan fingerprint density at radius 3 is 2.90 bits per heavy atom. The van der Waals surface area contributed by atoms with E-state index in [4.69, 9.17) is 14.5 Å². The maximum Gasteiger partial charge on any atom is 0.193 e. The fourth-order valence-electron chi connectivity index (χ4n) is 2.50. The van der Waals surface area contributed by atoms with Crippen LogP contribution in [0.15, 0.2) is 4.99 Å². The van der Waals surface area contributed by atoms with Gasteiger partial charge in [-0.25, -0.2) is 0 Å². The molecule has 2 fully saturated rings. The summed E-state index contributed by atoms with van der Waals surface area (Å²) in [5, 5.41) is 3.35. The van der Waals surface area contributed by atoms with Crippen LogP contribution in [0, 0.1) is 5.92 Å². The van der Waals surface area contributed by atoms with Gasteiger partial charge in [0.25, 0.3) is 0 Å². The quantitative estimate of drug-likeness (QED) is 0.401. The molecule has 0 bridgehead atoms. The first-order valence-electron chi connectivity index (χ1n) is 8.48. The lowest BCUT2D eigenvalue weighted by atomic mass is 10.2. The van der Waals surface area contributed by atoms with Crippen LogP contribution in [0.2, 0.25) is 0 Å². The van der Waals surface area contributed by atoms with Gasteiger partial charge in [-0.3, -0.25) is 4.99 Å². The lowest BCUT2D eigenvalue weighted by Crippen LogP contribution is -2.40. The van der Waals surface area contributed by atoms with E-state index in [0.29, 0.717) is 6.10 Å². The van der Waals surface area contributed by atoms with Crippen molar-refractivity contribution in [3.8, 4) is 0 Å². The van der Waals surface area contributed by atoms with Crippen LogP contribution in [-0.4, -0.2) is 63.5 Å². The molecule has 5 heteroatoms. The van der Waals surface area contributed by atoms with Gasteiger partial charge >= 0.3 is 0 Å². The molecular weight excluding hydrogens is 266 g/mol. The summed E-state index contributed by atoms with van der Waals surface area (Å²) in [6.07, 6.45) is 6.54. The van der Waals surface area contributed by atoms with Crippen molar-refractivity contribution < 1.29 is 9.47 Å². The van der Waals surface area contributed by atoms with Gasteiger partial charge in [-0.15, -0.1) is 0 Å². The van der Waals surface area contributed by atoms with Crippen LogP contribution < -0.4 is 5.32 Å². The largest absolute Gasteiger partial charge is 0.379 e.